The average molecular weight is 301 g/mol. The number of hydrogen-bond donors (Lipinski definition) is 2. The summed E-state index contributed by atoms with van der Waals surface area (Å²) < 4.78 is 36.4. The smallest absolute Gasteiger partial charge is 0.271 e. The molecule has 1 aromatic rings. The average Bonchev–Trinajstić information content (AvgIpc) is 2.26. The van der Waals surface area contributed by atoms with Crippen LogP contribution in [0.5, 0.6) is 0 Å². The first-order valence-corrected chi connectivity index (χ1v) is 6.05. The molecule has 1 rings (SSSR count). The summed E-state index contributed by atoms with van der Waals surface area (Å²) in [6.07, 6.45) is -4.96. The predicted octanol–water partition coefficient (Wildman–Crippen LogP) is 3.71. The van der Waals surface area contributed by atoms with E-state index in [9.17, 15) is 13.2 Å². The van der Waals surface area contributed by atoms with E-state index in [0.29, 0.717) is 15.6 Å². The first-order valence-electron chi connectivity index (χ1n) is 5.29. The first kappa shape index (κ1) is 15.6. The van der Waals surface area contributed by atoms with Gasteiger partial charge in [-0.3, -0.25) is 11.3 Å². The molecule has 3 N–H and O–H groups in total. The van der Waals surface area contributed by atoms with Crippen LogP contribution in [0.4, 0.5) is 13.2 Å². The minimum absolute atomic E-state index is 0.123. The van der Waals surface area contributed by atoms with Crippen molar-refractivity contribution in [3.05, 3.63) is 33.8 Å². The molecule has 0 aliphatic carbocycles. The van der Waals surface area contributed by atoms with Gasteiger partial charge in [0.05, 0.1) is 0 Å². The van der Waals surface area contributed by atoms with Gasteiger partial charge >= 0.3 is 6.18 Å². The van der Waals surface area contributed by atoms with Crippen molar-refractivity contribution in [2.45, 2.75) is 31.5 Å². The third kappa shape index (κ3) is 5.02. The number of hydrogen-bond acceptors (Lipinski definition) is 2. The van der Waals surface area contributed by atoms with Crippen molar-refractivity contribution >= 4 is 23.2 Å². The highest BCUT2D eigenvalue weighted by atomic mass is 35.5. The maximum absolute atomic E-state index is 12.1. The molecule has 0 aliphatic rings. The summed E-state index contributed by atoms with van der Waals surface area (Å²) >= 11 is 11.9. The van der Waals surface area contributed by atoms with Crippen molar-refractivity contribution in [2.24, 2.45) is 5.84 Å². The van der Waals surface area contributed by atoms with Crippen LogP contribution in [0.25, 0.3) is 0 Å². The third-order valence-corrected chi connectivity index (χ3v) is 3.23. The van der Waals surface area contributed by atoms with Gasteiger partial charge < -0.3 is 0 Å². The van der Waals surface area contributed by atoms with Crippen LogP contribution in [-0.4, -0.2) is 12.2 Å². The Labute approximate surface area is 113 Å². The van der Waals surface area contributed by atoms with E-state index < -0.39 is 18.6 Å². The zero-order valence-corrected chi connectivity index (χ0v) is 10.9. The Morgan fingerprint density at radius 3 is 2.22 bits per heavy atom. The summed E-state index contributed by atoms with van der Waals surface area (Å²) in [6.45, 7) is 0. The Bertz CT molecular complexity index is 376. The Balaban J connectivity index is 2.68. The van der Waals surface area contributed by atoms with Crippen molar-refractivity contribution in [2.75, 3.05) is 0 Å². The summed E-state index contributed by atoms with van der Waals surface area (Å²) in [5.74, 6) is 5.25. The number of halogens is 5. The monoisotopic (exact) mass is 300 g/mol. The van der Waals surface area contributed by atoms with E-state index in [2.05, 4.69) is 5.43 Å². The molecule has 1 unspecified atom stereocenters. The molecule has 1 aromatic carbocycles. The van der Waals surface area contributed by atoms with Gasteiger partial charge in [-0.25, -0.2) is 0 Å². The van der Waals surface area contributed by atoms with Crippen molar-refractivity contribution in [3.8, 4) is 0 Å². The van der Waals surface area contributed by atoms with Crippen LogP contribution in [-0.2, 0) is 6.42 Å². The molecule has 0 saturated carbocycles. The van der Waals surface area contributed by atoms with E-state index >= 15 is 0 Å². The van der Waals surface area contributed by atoms with E-state index in [4.69, 9.17) is 29.0 Å². The van der Waals surface area contributed by atoms with Gasteiger partial charge in [-0.05, 0) is 30.5 Å². The normalized spacial score (nSPS) is 13.7. The molecule has 0 heterocycles. The van der Waals surface area contributed by atoms with Gasteiger partial charge in [0, 0.05) is 22.5 Å². The van der Waals surface area contributed by atoms with Gasteiger partial charge in [-0.2, -0.15) is 13.2 Å². The third-order valence-electron chi connectivity index (χ3n) is 2.52. The number of hydrazine groups is 1. The highest BCUT2D eigenvalue weighted by Gasteiger charge is 2.28. The number of alkyl halides is 3. The molecule has 7 heteroatoms. The molecular formula is C11H13Cl2F3N2. The highest BCUT2D eigenvalue weighted by molar-refractivity contribution is 6.35. The molecule has 0 aromatic heterocycles. The van der Waals surface area contributed by atoms with E-state index in [0.717, 1.165) is 0 Å². The van der Waals surface area contributed by atoms with Crippen molar-refractivity contribution in [1.29, 1.82) is 0 Å². The quantitative estimate of drug-likeness (QED) is 0.642. The second kappa shape index (κ2) is 6.61. The number of rotatable bonds is 5. The van der Waals surface area contributed by atoms with E-state index in [1.54, 1.807) is 18.2 Å². The maximum atomic E-state index is 12.1. The van der Waals surface area contributed by atoms with Crippen molar-refractivity contribution in [1.82, 2.24) is 5.43 Å². The Morgan fingerprint density at radius 1 is 1.22 bits per heavy atom. The van der Waals surface area contributed by atoms with Gasteiger partial charge in [0.1, 0.15) is 0 Å². The van der Waals surface area contributed by atoms with Crippen LogP contribution < -0.4 is 11.3 Å². The fraction of sp³-hybridized carbons (Fsp3) is 0.455. The summed E-state index contributed by atoms with van der Waals surface area (Å²) in [5, 5.41) is 0.851. The second-order valence-electron chi connectivity index (χ2n) is 3.92. The highest BCUT2D eigenvalue weighted by Crippen LogP contribution is 2.28. The molecule has 0 amide bonds. The van der Waals surface area contributed by atoms with Crippen LogP contribution >= 0.6 is 23.2 Å². The predicted molar refractivity (Wildman–Crippen MR) is 66.6 cm³/mol. The van der Waals surface area contributed by atoms with Gasteiger partial charge in [0.15, 0.2) is 0 Å². The fourth-order valence-corrected chi connectivity index (χ4v) is 2.11. The van der Waals surface area contributed by atoms with Crippen molar-refractivity contribution in [3.63, 3.8) is 0 Å². The lowest BCUT2D eigenvalue weighted by Crippen LogP contribution is -2.37. The van der Waals surface area contributed by atoms with Gasteiger partial charge in [0.2, 0.25) is 0 Å². The molecule has 0 fully saturated rings. The maximum Gasteiger partial charge on any atom is 0.389 e. The lowest BCUT2D eigenvalue weighted by molar-refractivity contribution is -0.136. The topological polar surface area (TPSA) is 38.0 Å². The molecule has 0 spiro atoms. The fourth-order valence-electron chi connectivity index (χ4n) is 1.56. The van der Waals surface area contributed by atoms with Crippen LogP contribution in [0.15, 0.2) is 18.2 Å². The van der Waals surface area contributed by atoms with Gasteiger partial charge in [-0.15, -0.1) is 0 Å². The minimum atomic E-state index is -4.20. The summed E-state index contributed by atoms with van der Waals surface area (Å²) in [6, 6.07) is 4.43. The molecule has 2 nitrogen and oxygen atoms in total. The Morgan fingerprint density at radius 2 is 1.78 bits per heavy atom. The zero-order valence-electron chi connectivity index (χ0n) is 9.40. The van der Waals surface area contributed by atoms with Gasteiger partial charge in [-0.1, -0.05) is 29.3 Å². The SMILES string of the molecule is NNC(CCC(F)(F)F)Cc1c(Cl)cccc1Cl. The standard InChI is InChI=1S/C11H13Cl2F3N2/c12-9-2-1-3-10(13)8(9)6-7(18-17)4-5-11(14,15)16/h1-3,7,18H,4-6,17H2. The van der Waals surface area contributed by atoms with Gasteiger partial charge in [0.25, 0.3) is 0 Å². The Kier molecular flexibility index (Phi) is 5.72. The van der Waals surface area contributed by atoms with Crippen molar-refractivity contribution < 1.29 is 13.2 Å². The number of nitrogens with one attached hydrogen (secondary N) is 1. The molecular weight excluding hydrogens is 288 g/mol. The molecule has 0 aliphatic heterocycles. The number of benzene rings is 1. The second-order valence-corrected chi connectivity index (χ2v) is 4.74. The van der Waals surface area contributed by atoms with Crippen LogP contribution in [0.2, 0.25) is 10.0 Å². The summed E-state index contributed by atoms with van der Waals surface area (Å²) in [7, 11) is 0. The molecule has 0 radical (unpaired) electrons. The van der Waals surface area contributed by atoms with Crippen LogP contribution in [0.1, 0.15) is 18.4 Å². The first-order chi connectivity index (χ1) is 8.33. The lowest BCUT2D eigenvalue weighted by atomic mass is 10.0. The lowest BCUT2D eigenvalue weighted by Gasteiger charge is -2.18. The Hall–Kier alpha value is -0.490. The summed E-state index contributed by atoms with van der Waals surface area (Å²) in [5.41, 5.74) is 2.96. The molecule has 1 atom stereocenters. The largest absolute Gasteiger partial charge is 0.389 e. The van der Waals surface area contributed by atoms with Crippen LogP contribution in [0, 0.1) is 0 Å². The summed E-state index contributed by atoms with van der Waals surface area (Å²) in [4.78, 5) is 0. The van der Waals surface area contributed by atoms with E-state index in [-0.39, 0.29) is 12.8 Å². The molecule has 18 heavy (non-hydrogen) atoms. The minimum Gasteiger partial charge on any atom is -0.271 e. The number of nitrogens with two attached hydrogens (primary N) is 1. The zero-order chi connectivity index (χ0) is 13.8. The van der Waals surface area contributed by atoms with E-state index in [1.807, 2.05) is 0 Å². The molecule has 0 bridgehead atoms. The van der Waals surface area contributed by atoms with Crippen LogP contribution in [0.3, 0.4) is 0 Å². The molecule has 0 saturated heterocycles. The molecule has 102 valence electrons. The van der Waals surface area contributed by atoms with E-state index in [1.165, 1.54) is 0 Å².